The molecule has 0 spiro atoms. The Balaban J connectivity index is 0.970. The van der Waals surface area contributed by atoms with Crippen molar-refractivity contribution in [2.45, 2.75) is 83.9 Å². The molecule has 6 amide bonds. The van der Waals surface area contributed by atoms with Crippen molar-refractivity contribution in [2.75, 3.05) is 32.1 Å². The number of carboxylic acids is 2. The molecule has 8 N–H and O–H groups in total. The molecular formula is C56H57N13O11S6. The predicted octanol–water partition coefficient (Wildman–Crippen LogP) is 7.57. The fraction of sp³-hybridized carbons (Fsp3) is 0.339. The number of nitrogens with one attached hydrogen (secondary N) is 4. The number of ether oxygens (including phenoxy) is 1. The molecule has 1 aliphatic rings. The summed E-state index contributed by atoms with van der Waals surface area (Å²) in [5.41, 5.74) is 9.10. The van der Waals surface area contributed by atoms with E-state index in [2.05, 4.69) is 43.4 Å². The second-order valence-electron chi connectivity index (χ2n) is 19.7. The van der Waals surface area contributed by atoms with E-state index in [0.717, 1.165) is 40.5 Å². The Hall–Kier alpha value is -8.13. The van der Waals surface area contributed by atoms with Crippen LogP contribution in [0.5, 0.6) is 0 Å². The van der Waals surface area contributed by atoms with E-state index in [4.69, 9.17) is 35.4 Å². The number of nitrogens with two attached hydrogens (primary N) is 1. The van der Waals surface area contributed by atoms with Gasteiger partial charge in [-0.05, 0) is 56.7 Å². The van der Waals surface area contributed by atoms with Crippen molar-refractivity contribution in [3.05, 3.63) is 111 Å². The molecule has 7 aromatic heterocycles. The molecule has 448 valence electrons. The third-order valence-corrected chi connectivity index (χ3v) is 19.2. The van der Waals surface area contributed by atoms with Crippen LogP contribution in [0, 0.1) is 18.8 Å². The molecule has 86 heavy (non-hydrogen) atoms. The standard InChI is InChI=1S/C56H57N13O11S6/c1-28-45(49(75)60-22-43-67-47(38(86-43)23-80-3)50(76)59-21-39(57)70)68-54(85-28)34(20-41(71)58-2)63-48(74)36-25-82-51(65-36)32-14-15-33(62-46(32)35-24-83-53(64-35)37-26-81-42(61-37)16-13-29-10-6-4-7-11-29)52-66-40(27-84-52)69(17-9-5-8-12-44(72)73)55(77)30-18-31(19-30)56(78)79/h4,6-7,10-11,14-15,24-27,30-31,34H,5,8-9,12-13,16-23H2,1-3H3,(H2,57,70)(H,58,71)(H,59,76)(H,60,75)(H,63,74)(H,72,73)(H,78,79)/t30-,31-,34-/m0/s1. The number of carbonyl (C=O) groups is 8. The molecule has 8 aromatic rings. The summed E-state index contributed by atoms with van der Waals surface area (Å²) in [5.74, 6) is -5.80. The van der Waals surface area contributed by atoms with Crippen molar-refractivity contribution in [3.8, 4) is 43.4 Å². The maximum absolute atomic E-state index is 14.3. The Morgan fingerprint density at radius 3 is 2.21 bits per heavy atom. The van der Waals surface area contributed by atoms with Gasteiger partial charge in [-0.15, -0.1) is 68.0 Å². The van der Waals surface area contributed by atoms with E-state index in [1.807, 2.05) is 35.0 Å². The number of hydrogen-bond donors (Lipinski definition) is 7. The molecule has 30 heteroatoms. The van der Waals surface area contributed by atoms with Crippen molar-refractivity contribution in [1.82, 2.24) is 56.2 Å². The van der Waals surface area contributed by atoms with Crippen LogP contribution in [0.25, 0.3) is 43.4 Å². The number of anilines is 1. The van der Waals surface area contributed by atoms with E-state index in [-0.39, 0.29) is 73.4 Å². The van der Waals surface area contributed by atoms with Gasteiger partial charge in [-0.2, -0.15) is 0 Å². The first kappa shape index (κ1) is 62.4. The van der Waals surface area contributed by atoms with Gasteiger partial charge in [0.05, 0.1) is 53.7 Å². The van der Waals surface area contributed by atoms with Crippen LogP contribution in [0.2, 0.25) is 0 Å². The van der Waals surface area contributed by atoms with Crippen LogP contribution in [0.3, 0.4) is 0 Å². The first-order valence-electron chi connectivity index (χ1n) is 26.9. The van der Waals surface area contributed by atoms with E-state index in [1.165, 1.54) is 53.7 Å². The number of unbranched alkanes of at least 4 members (excludes halogenated alkanes) is 2. The number of aliphatic carboxylic acids is 2. The number of carboxylic acid groups (broad SMARTS) is 2. The lowest BCUT2D eigenvalue weighted by atomic mass is 9.74. The number of pyridine rings is 1. The summed E-state index contributed by atoms with van der Waals surface area (Å²) in [6, 6.07) is 12.7. The number of aromatic nitrogens is 7. The van der Waals surface area contributed by atoms with E-state index in [1.54, 1.807) is 40.0 Å². The van der Waals surface area contributed by atoms with Crippen molar-refractivity contribution < 1.29 is 53.3 Å². The molecule has 0 radical (unpaired) electrons. The molecule has 0 aliphatic heterocycles. The smallest absolute Gasteiger partial charge is 0.306 e. The zero-order valence-electron chi connectivity index (χ0n) is 46.4. The van der Waals surface area contributed by atoms with Gasteiger partial charge in [0.1, 0.15) is 65.0 Å². The van der Waals surface area contributed by atoms with Crippen LogP contribution in [0.1, 0.15) is 113 Å². The number of primary amides is 1. The van der Waals surface area contributed by atoms with Gasteiger partial charge < -0.3 is 42.0 Å². The number of rotatable bonds is 29. The zero-order chi connectivity index (χ0) is 61.0. The van der Waals surface area contributed by atoms with Crippen LogP contribution in [-0.4, -0.2) is 120 Å². The Morgan fingerprint density at radius 2 is 1.47 bits per heavy atom. The molecule has 7 heterocycles. The number of methoxy groups -OCH3 is 1. The lowest BCUT2D eigenvalue weighted by Gasteiger charge is -2.34. The largest absolute Gasteiger partial charge is 0.481 e. The second kappa shape index (κ2) is 28.8. The number of hydrogen-bond acceptors (Lipinski definition) is 22. The number of aryl methyl sites for hydroxylation is 3. The first-order chi connectivity index (χ1) is 41.4. The number of amides is 6. The minimum Gasteiger partial charge on any atom is -0.481 e. The molecule has 0 bridgehead atoms. The number of nitrogens with zero attached hydrogens (tertiary/aromatic N) is 8. The highest BCUT2D eigenvalue weighted by Crippen LogP contribution is 2.40. The lowest BCUT2D eigenvalue weighted by molar-refractivity contribution is -0.148. The predicted molar refractivity (Wildman–Crippen MR) is 326 cm³/mol. The van der Waals surface area contributed by atoms with E-state index >= 15 is 0 Å². The lowest BCUT2D eigenvalue weighted by Crippen LogP contribution is -2.44. The van der Waals surface area contributed by atoms with Crippen molar-refractivity contribution in [2.24, 2.45) is 17.6 Å². The Labute approximate surface area is 515 Å². The summed E-state index contributed by atoms with van der Waals surface area (Å²) in [7, 11) is 2.91. The second-order valence-corrected chi connectivity index (χ2v) is 25.6. The average Bonchev–Trinajstić information content (AvgIpc) is 2.06. The normalized spacial score (nSPS) is 14.0. The summed E-state index contributed by atoms with van der Waals surface area (Å²) in [6.45, 7) is 1.51. The van der Waals surface area contributed by atoms with Gasteiger partial charge in [-0.3, -0.25) is 43.3 Å². The summed E-state index contributed by atoms with van der Waals surface area (Å²) >= 11 is 7.65. The summed E-state index contributed by atoms with van der Waals surface area (Å²) in [4.78, 5) is 138. The minimum absolute atomic E-state index is 0.000120. The topological polar surface area (TPSA) is 354 Å². The molecule has 1 atom stereocenters. The molecule has 24 nitrogen and oxygen atoms in total. The van der Waals surface area contributed by atoms with Gasteiger partial charge in [0.2, 0.25) is 17.7 Å². The van der Waals surface area contributed by atoms with Crippen molar-refractivity contribution in [3.63, 3.8) is 0 Å². The Morgan fingerprint density at radius 1 is 0.721 bits per heavy atom. The van der Waals surface area contributed by atoms with Crippen LogP contribution < -0.4 is 31.9 Å². The molecule has 1 aliphatic carbocycles. The van der Waals surface area contributed by atoms with Crippen LogP contribution in [0.15, 0.2) is 64.0 Å². The van der Waals surface area contributed by atoms with Gasteiger partial charge >= 0.3 is 11.9 Å². The Kier molecular flexibility index (Phi) is 20.9. The number of carbonyl (C=O) groups excluding carboxylic acids is 6. The maximum Gasteiger partial charge on any atom is 0.306 e. The maximum atomic E-state index is 14.3. The van der Waals surface area contributed by atoms with Crippen LogP contribution in [-0.2, 0) is 54.7 Å². The van der Waals surface area contributed by atoms with Gasteiger partial charge in [-0.1, -0.05) is 36.8 Å². The van der Waals surface area contributed by atoms with E-state index < -0.39 is 65.9 Å². The van der Waals surface area contributed by atoms with Crippen molar-refractivity contribution in [1.29, 1.82) is 0 Å². The van der Waals surface area contributed by atoms with Gasteiger partial charge in [0.25, 0.3) is 17.7 Å². The SMILES string of the molecule is CNC(=O)C[C@H](NC(=O)c1csc(-c2ccc(-c3nc(N(CCCCCC(=O)O)C(=O)[C@H]4C[C@H](C(=O)O)C4)cs3)nc2-c2csc(-c3csc(CCc4ccccc4)n3)n2)n1)c1nc(C(=O)NCc2nc(C(=O)NCC(N)=O)c(COC)s2)c(C)s1. The highest BCUT2D eigenvalue weighted by Gasteiger charge is 2.41. The molecule has 1 fully saturated rings. The summed E-state index contributed by atoms with van der Waals surface area (Å²) in [6.07, 6.45) is 3.28. The van der Waals surface area contributed by atoms with E-state index in [9.17, 15) is 48.6 Å². The fourth-order valence-corrected chi connectivity index (χ4v) is 14.2. The molecule has 1 aromatic carbocycles. The number of thiazole rings is 6. The van der Waals surface area contributed by atoms with Crippen LogP contribution >= 0.6 is 68.0 Å². The summed E-state index contributed by atoms with van der Waals surface area (Å²) < 4.78 is 5.22. The van der Waals surface area contributed by atoms with Gasteiger partial charge in [-0.25, -0.2) is 34.9 Å². The molecular weight excluding hydrogens is 1220 g/mol. The Bertz CT molecular complexity index is 3790. The van der Waals surface area contributed by atoms with Crippen molar-refractivity contribution >= 4 is 121 Å². The molecule has 0 unspecified atom stereocenters. The minimum atomic E-state index is -0.994. The number of benzene rings is 1. The molecule has 1 saturated carbocycles. The highest BCUT2D eigenvalue weighted by molar-refractivity contribution is 7.15. The first-order valence-corrected chi connectivity index (χ1v) is 32.0. The average molecular weight is 1280 g/mol. The fourth-order valence-electron chi connectivity index (χ4n) is 9.05. The zero-order valence-corrected chi connectivity index (χ0v) is 51.3. The van der Waals surface area contributed by atoms with Gasteiger partial charge in [0, 0.05) is 71.4 Å². The van der Waals surface area contributed by atoms with Crippen LogP contribution in [0.4, 0.5) is 5.82 Å². The monoisotopic (exact) mass is 1280 g/mol. The third-order valence-electron chi connectivity index (χ3n) is 13.6. The van der Waals surface area contributed by atoms with E-state index in [0.29, 0.717) is 83.2 Å². The molecule has 9 rings (SSSR count). The third kappa shape index (κ3) is 15.6. The molecule has 0 saturated heterocycles. The highest BCUT2D eigenvalue weighted by atomic mass is 32.1. The quantitative estimate of drug-likeness (QED) is 0.0222. The van der Waals surface area contributed by atoms with Gasteiger partial charge in [0.15, 0.2) is 0 Å². The summed E-state index contributed by atoms with van der Waals surface area (Å²) in [5, 5.41) is 39.7.